The Morgan fingerprint density at radius 2 is 1.90 bits per heavy atom. The quantitative estimate of drug-likeness (QED) is 0.728. The van der Waals surface area contributed by atoms with E-state index in [1.807, 2.05) is 36.4 Å². The average Bonchev–Trinajstić information content (AvgIpc) is 2.79. The summed E-state index contributed by atoms with van der Waals surface area (Å²) in [5, 5.41) is 10.2. The molecule has 2 aromatic rings. The maximum atomic E-state index is 10.2. The highest BCUT2D eigenvalue weighted by Gasteiger charge is 2.35. The van der Waals surface area contributed by atoms with Crippen LogP contribution >= 0.6 is 0 Å². The molecule has 30 heavy (non-hydrogen) atoms. The van der Waals surface area contributed by atoms with Crippen LogP contribution < -0.4 is 15.2 Å². The largest absolute Gasteiger partial charge is 0.504 e. The topological polar surface area (TPSA) is 77.2 Å². The van der Waals surface area contributed by atoms with Crippen LogP contribution in [0, 0.1) is 5.92 Å². The van der Waals surface area contributed by atoms with Crippen LogP contribution in [0.25, 0.3) is 0 Å². The zero-order valence-electron chi connectivity index (χ0n) is 17.6. The number of rotatable bonds is 7. The van der Waals surface area contributed by atoms with Crippen LogP contribution in [-0.4, -0.2) is 56.0 Å². The number of ether oxygens (including phenoxy) is 3. The fourth-order valence-electron chi connectivity index (χ4n) is 4.72. The predicted octanol–water partition coefficient (Wildman–Crippen LogP) is 3.13. The van der Waals surface area contributed by atoms with E-state index in [0.717, 1.165) is 55.8 Å². The fraction of sp³-hybridized carbons (Fsp3) is 0.500. The maximum absolute atomic E-state index is 10.2. The van der Waals surface area contributed by atoms with Gasteiger partial charge in [-0.2, -0.15) is 0 Å². The first-order chi connectivity index (χ1) is 14.7. The van der Waals surface area contributed by atoms with E-state index in [-0.39, 0.29) is 18.0 Å². The van der Waals surface area contributed by atoms with Gasteiger partial charge in [-0.15, -0.1) is 0 Å². The van der Waals surface area contributed by atoms with Crippen molar-refractivity contribution in [2.45, 2.75) is 31.5 Å². The molecule has 4 rings (SSSR count). The Bertz CT molecular complexity index is 821. The number of phenolic OH excluding ortho intramolecular Hbond substituents is 1. The number of para-hydroxylation sites is 1. The van der Waals surface area contributed by atoms with E-state index in [9.17, 15) is 5.11 Å². The zero-order valence-corrected chi connectivity index (χ0v) is 17.6. The van der Waals surface area contributed by atoms with Crippen LogP contribution in [0.15, 0.2) is 42.5 Å². The lowest BCUT2D eigenvalue weighted by molar-refractivity contribution is -0.0650. The minimum atomic E-state index is -0.148. The van der Waals surface area contributed by atoms with Gasteiger partial charge in [0.2, 0.25) is 0 Å². The molecule has 2 aromatic carbocycles. The number of piperidine rings is 1. The second-order valence-electron chi connectivity index (χ2n) is 8.13. The molecule has 0 unspecified atom stereocenters. The van der Waals surface area contributed by atoms with Gasteiger partial charge in [0.1, 0.15) is 12.4 Å². The lowest BCUT2D eigenvalue weighted by Gasteiger charge is -2.40. The fourth-order valence-corrected chi connectivity index (χ4v) is 4.72. The predicted molar refractivity (Wildman–Crippen MR) is 116 cm³/mol. The van der Waals surface area contributed by atoms with Crippen molar-refractivity contribution in [3.8, 4) is 17.2 Å². The van der Waals surface area contributed by atoms with Gasteiger partial charge in [-0.1, -0.05) is 24.3 Å². The molecule has 162 valence electrons. The molecule has 0 bridgehead atoms. The van der Waals surface area contributed by atoms with Gasteiger partial charge < -0.3 is 25.1 Å². The van der Waals surface area contributed by atoms with Crippen LogP contribution in [0.2, 0.25) is 0 Å². The Kier molecular flexibility index (Phi) is 6.77. The highest BCUT2D eigenvalue weighted by Crippen LogP contribution is 2.42. The van der Waals surface area contributed by atoms with Gasteiger partial charge >= 0.3 is 0 Å². The Labute approximate surface area is 178 Å². The van der Waals surface area contributed by atoms with E-state index in [2.05, 4.69) is 4.90 Å². The summed E-state index contributed by atoms with van der Waals surface area (Å²) in [5.74, 6) is 2.15. The van der Waals surface area contributed by atoms with Gasteiger partial charge in [0, 0.05) is 25.1 Å². The van der Waals surface area contributed by atoms with Gasteiger partial charge in [-0.3, -0.25) is 4.90 Å². The molecular formula is C24H32N2O4. The van der Waals surface area contributed by atoms with Gasteiger partial charge in [0.05, 0.1) is 19.3 Å². The van der Waals surface area contributed by atoms with Crippen LogP contribution in [-0.2, 0) is 11.2 Å². The standard InChI is InChI=1S/C24H32N2O4/c1-28-24-20-15-22(30-23(16-25)19(20)7-8-21(24)27)17-9-11-26(12-10-17)13-14-29-18-5-3-2-4-6-18/h2-8,17,22-23,27H,9-16,25H2,1H3/t22-,23-/m0/s1. The first-order valence-corrected chi connectivity index (χ1v) is 10.8. The monoisotopic (exact) mass is 412 g/mol. The van der Waals surface area contributed by atoms with E-state index in [4.69, 9.17) is 19.9 Å². The van der Waals surface area contributed by atoms with Crippen LogP contribution in [0.5, 0.6) is 17.2 Å². The molecule has 0 aromatic heterocycles. The molecule has 1 saturated heterocycles. The van der Waals surface area contributed by atoms with Crippen molar-refractivity contribution in [3.05, 3.63) is 53.6 Å². The number of hydrogen-bond donors (Lipinski definition) is 2. The molecule has 0 aliphatic carbocycles. The summed E-state index contributed by atoms with van der Waals surface area (Å²) >= 11 is 0. The van der Waals surface area contributed by atoms with Gasteiger partial charge in [-0.25, -0.2) is 0 Å². The molecule has 1 fully saturated rings. The Hall–Kier alpha value is -2.28. The summed E-state index contributed by atoms with van der Waals surface area (Å²) in [6, 6.07) is 13.5. The number of nitrogens with two attached hydrogens (primary N) is 1. The van der Waals surface area contributed by atoms with Crippen LogP contribution in [0.1, 0.15) is 30.1 Å². The van der Waals surface area contributed by atoms with Crippen molar-refractivity contribution in [2.75, 3.05) is 39.9 Å². The summed E-state index contributed by atoms with van der Waals surface area (Å²) in [5.41, 5.74) is 8.10. The number of hydrogen-bond acceptors (Lipinski definition) is 6. The smallest absolute Gasteiger partial charge is 0.164 e. The molecule has 3 N–H and O–H groups in total. The molecule has 6 nitrogen and oxygen atoms in total. The van der Waals surface area contributed by atoms with Gasteiger partial charge in [0.25, 0.3) is 0 Å². The molecule has 0 spiro atoms. The van der Waals surface area contributed by atoms with Crippen molar-refractivity contribution in [1.82, 2.24) is 4.90 Å². The number of benzene rings is 2. The summed E-state index contributed by atoms with van der Waals surface area (Å²) in [6.07, 6.45) is 2.88. The minimum Gasteiger partial charge on any atom is -0.504 e. The van der Waals surface area contributed by atoms with Crippen molar-refractivity contribution >= 4 is 0 Å². The van der Waals surface area contributed by atoms with Crippen molar-refractivity contribution in [2.24, 2.45) is 11.7 Å². The first-order valence-electron chi connectivity index (χ1n) is 10.8. The third-order valence-corrected chi connectivity index (χ3v) is 6.36. The SMILES string of the molecule is COc1c(O)ccc2c1C[C@@H](C1CCN(CCOc3ccccc3)CC1)O[C@H]2CN. The number of methoxy groups -OCH3 is 1. The Morgan fingerprint density at radius 1 is 1.13 bits per heavy atom. The zero-order chi connectivity index (χ0) is 20.9. The summed E-state index contributed by atoms with van der Waals surface area (Å²) in [4.78, 5) is 2.46. The highest BCUT2D eigenvalue weighted by molar-refractivity contribution is 5.52. The Balaban J connectivity index is 1.33. The third-order valence-electron chi connectivity index (χ3n) is 6.36. The molecule has 6 heteroatoms. The number of fused-ring (bicyclic) bond motifs is 1. The molecule has 0 radical (unpaired) electrons. The third kappa shape index (κ3) is 4.56. The average molecular weight is 413 g/mol. The van der Waals surface area contributed by atoms with Gasteiger partial charge in [-0.05, 0) is 55.6 Å². The lowest BCUT2D eigenvalue weighted by Crippen LogP contribution is -2.43. The number of likely N-dealkylation sites (tertiary alicyclic amines) is 1. The number of phenols is 1. The Morgan fingerprint density at radius 3 is 2.60 bits per heavy atom. The van der Waals surface area contributed by atoms with Crippen molar-refractivity contribution in [3.63, 3.8) is 0 Å². The lowest BCUT2D eigenvalue weighted by atomic mass is 9.83. The normalized spacial score (nSPS) is 22.5. The van der Waals surface area contributed by atoms with E-state index >= 15 is 0 Å². The summed E-state index contributed by atoms with van der Waals surface area (Å²) in [7, 11) is 1.60. The first kappa shape index (κ1) is 21.0. The summed E-state index contributed by atoms with van der Waals surface area (Å²) in [6.45, 7) is 4.14. The second kappa shape index (κ2) is 9.69. The van der Waals surface area contributed by atoms with E-state index in [1.54, 1.807) is 13.2 Å². The van der Waals surface area contributed by atoms with Crippen LogP contribution in [0.3, 0.4) is 0 Å². The van der Waals surface area contributed by atoms with Crippen molar-refractivity contribution < 1.29 is 19.3 Å². The molecule has 0 saturated carbocycles. The van der Waals surface area contributed by atoms with E-state index in [1.165, 1.54) is 0 Å². The molecule has 2 aliphatic heterocycles. The molecular weight excluding hydrogens is 380 g/mol. The van der Waals surface area contributed by atoms with E-state index in [0.29, 0.717) is 24.8 Å². The number of aromatic hydroxyl groups is 1. The van der Waals surface area contributed by atoms with Crippen molar-refractivity contribution in [1.29, 1.82) is 0 Å². The molecule has 2 atom stereocenters. The minimum absolute atomic E-state index is 0.101. The highest BCUT2D eigenvalue weighted by atomic mass is 16.5. The second-order valence-corrected chi connectivity index (χ2v) is 8.13. The molecule has 0 amide bonds. The van der Waals surface area contributed by atoms with E-state index < -0.39 is 0 Å². The maximum Gasteiger partial charge on any atom is 0.164 e. The van der Waals surface area contributed by atoms with Gasteiger partial charge in [0.15, 0.2) is 11.5 Å². The summed E-state index contributed by atoms with van der Waals surface area (Å²) < 4.78 is 17.7. The molecule has 2 aliphatic rings. The van der Waals surface area contributed by atoms with Crippen LogP contribution in [0.4, 0.5) is 0 Å². The molecule has 2 heterocycles. The number of nitrogens with zero attached hydrogens (tertiary/aromatic N) is 1.